The van der Waals surface area contributed by atoms with E-state index in [4.69, 9.17) is 0 Å². The van der Waals surface area contributed by atoms with Crippen molar-refractivity contribution in [1.82, 2.24) is 0 Å². The van der Waals surface area contributed by atoms with Gasteiger partial charge in [-0.2, -0.15) is 0 Å². The van der Waals surface area contributed by atoms with E-state index in [0.29, 0.717) is 12.8 Å². The van der Waals surface area contributed by atoms with Crippen molar-refractivity contribution >= 4 is 10.1 Å². The van der Waals surface area contributed by atoms with Gasteiger partial charge in [0.2, 0.25) is 0 Å². The zero-order valence-corrected chi connectivity index (χ0v) is 20.4. The van der Waals surface area contributed by atoms with Crippen molar-refractivity contribution in [3.05, 3.63) is 0 Å². The molecule has 0 aromatic heterocycles. The van der Waals surface area contributed by atoms with Gasteiger partial charge in [-0.25, -0.2) is 8.42 Å². The van der Waals surface area contributed by atoms with Crippen LogP contribution in [0.3, 0.4) is 0 Å². The molecule has 0 fully saturated rings. The van der Waals surface area contributed by atoms with E-state index < -0.39 is 15.4 Å². The van der Waals surface area contributed by atoms with Gasteiger partial charge in [-0.1, -0.05) is 90.9 Å². The number of hydrogen-bond acceptors (Lipinski definition) is 4. The summed E-state index contributed by atoms with van der Waals surface area (Å²) in [4.78, 5) is 0. The summed E-state index contributed by atoms with van der Waals surface area (Å²) in [6.45, 7) is 3.98. The fourth-order valence-corrected chi connectivity index (χ4v) is 4.18. The minimum absolute atomic E-state index is 0. The predicted molar refractivity (Wildman–Crippen MR) is 105 cm³/mol. The molecule has 0 bridgehead atoms. The van der Waals surface area contributed by atoms with Crippen molar-refractivity contribution in [2.45, 2.75) is 128 Å². The summed E-state index contributed by atoms with van der Waals surface area (Å²) in [5, 5.41) is 9.25. The van der Waals surface area contributed by atoms with E-state index in [-0.39, 0.29) is 35.7 Å². The second-order valence-electron chi connectivity index (χ2n) is 7.43. The van der Waals surface area contributed by atoms with Gasteiger partial charge >= 0.3 is 29.6 Å². The molecule has 0 spiro atoms. The summed E-state index contributed by atoms with van der Waals surface area (Å²) in [7, 11) is -4.11. The molecule has 2 unspecified atom stereocenters. The first-order chi connectivity index (χ1) is 11.9. The molecule has 1 N–H and O–H groups in total. The Balaban J connectivity index is 0. The fourth-order valence-electron chi connectivity index (χ4n) is 3.32. The quantitative estimate of drug-likeness (QED) is 0.218. The topological polar surface area (TPSA) is 77.4 Å². The summed E-state index contributed by atoms with van der Waals surface area (Å²) in [6.07, 6.45) is 16.5. The Labute approximate surface area is 185 Å². The van der Waals surface area contributed by atoms with Gasteiger partial charge in [0.15, 0.2) is 0 Å². The average Bonchev–Trinajstić information content (AvgIpc) is 2.55. The largest absolute Gasteiger partial charge is 1.00 e. The molecule has 0 radical (unpaired) electrons. The zero-order chi connectivity index (χ0) is 19.0. The number of aliphatic hydroxyl groups excluding tert-OH is 1. The first kappa shape index (κ1) is 29.1. The summed E-state index contributed by atoms with van der Waals surface area (Å²) >= 11 is 0. The van der Waals surface area contributed by atoms with Crippen molar-refractivity contribution in [1.29, 1.82) is 0 Å². The molecule has 0 aliphatic carbocycles. The van der Waals surface area contributed by atoms with Crippen LogP contribution in [0.15, 0.2) is 0 Å². The van der Waals surface area contributed by atoms with Gasteiger partial charge in [0.1, 0.15) is 0 Å². The van der Waals surface area contributed by atoms with E-state index in [2.05, 4.69) is 6.92 Å². The van der Waals surface area contributed by atoms with E-state index in [1.54, 1.807) is 6.92 Å². The first-order valence-corrected chi connectivity index (χ1v) is 12.0. The predicted octanol–water partition coefficient (Wildman–Crippen LogP) is 2.55. The molecule has 0 aliphatic rings. The van der Waals surface area contributed by atoms with E-state index in [1.807, 2.05) is 0 Å². The molecule has 0 saturated carbocycles. The zero-order valence-electron chi connectivity index (χ0n) is 17.5. The molecule has 0 aliphatic heterocycles. The van der Waals surface area contributed by atoms with Crippen molar-refractivity contribution in [2.75, 3.05) is 0 Å². The molecule has 0 heterocycles. The van der Waals surface area contributed by atoms with Crippen LogP contribution in [-0.4, -0.2) is 29.4 Å². The van der Waals surface area contributed by atoms with Gasteiger partial charge in [-0.3, -0.25) is 0 Å². The molecule has 26 heavy (non-hydrogen) atoms. The number of aliphatic hydroxyl groups is 1. The second-order valence-corrected chi connectivity index (χ2v) is 9.08. The molecule has 0 amide bonds. The van der Waals surface area contributed by atoms with Crippen molar-refractivity contribution in [3.8, 4) is 0 Å². The molecule has 4 nitrogen and oxygen atoms in total. The van der Waals surface area contributed by atoms with Crippen LogP contribution >= 0.6 is 0 Å². The van der Waals surface area contributed by atoms with Crippen LogP contribution in [0.5, 0.6) is 0 Å². The Morgan fingerprint density at radius 3 is 1.50 bits per heavy atom. The van der Waals surface area contributed by atoms with Gasteiger partial charge in [-0.15, -0.1) is 0 Å². The van der Waals surface area contributed by atoms with Gasteiger partial charge in [-0.05, 0) is 25.7 Å². The van der Waals surface area contributed by atoms with Crippen molar-refractivity contribution in [3.63, 3.8) is 0 Å². The smallest absolute Gasteiger partial charge is 0.748 e. The normalized spacial score (nSPS) is 14.0. The molecule has 152 valence electrons. The van der Waals surface area contributed by atoms with E-state index in [9.17, 15) is 18.1 Å². The molecule has 0 aromatic rings. The Morgan fingerprint density at radius 2 is 1.12 bits per heavy atom. The number of rotatable bonds is 18. The van der Waals surface area contributed by atoms with Crippen LogP contribution in [0, 0.1) is 0 Å². The third-order valence-corrected chi connectivity index (χ3v) is 6.45. The van der Waals surface area contributed by atoms with E-state index in [1.165, 1.54) is 38.5 Å². The number of unbranched alkanes of at least 4 members (excludes halogenated alkanes) is 10. The minimum Gasteiger partial charge on any atom is -0.748 e. The second kappa shape index (κ2) is 19.2. The third kappa shape index (κ3) is 18.2. The van der Waals surface area contributed by atoms with Crippen molar-refractivity contribution < 1.29 is 47.6 Å². The maximum absolute atomic E-state index is 11.0. The van der Waals surface area contributed by atoms with Crippen LogP contribution in [-0.2, 0) is 10.1 Å². The van der Waals surface area contributed by atoms with Crippen LogP contribution in [0.2, 0.25) is 0 Å². The van der Waals surface area contributed by atoms with E-state index >= 15 is 0 Å². The van der Waals surface area contributed by atoms with Gasteiger partial charge < -0.3 is 9.66 Å². The summed E-state index contributed by atoms with van der Waals surface area (Å²) in [5.74, 6) is 0. The Kier molecular flexibility index (Phi) is 21.5. The number of hydrogen-bond donors (Lipinski definition) is 1. The molecular formula is C20H41NaO4S. The monoisotopic (exact) mass is 400 g/mol. The molecule has 6 heteroatoms. The first-order valence-electron chi connectivity index (χ1n) is 10.5. The standard InChI is InChI=1S/C20H42O4S.Na/c1-3-5-6-10-13-16-19(21)17-14-11-8-7-9-12-15-18-20(4-2)25(22,23)24;/h19-21H,3-18H2,1-2H3,(H,22,23,24);/q;+1/p-1. The van der Waals surface area contributed by atoms with Crippen molar-refractivity contribution in [2.24, 2.45) is 0 Å². The maximum atomic E-state index is 11.0. The third-order valence-electron chi connectivity index (χ3n) is 5.07. The van der Waals surface area contributed by atoms with Gasteiger partial charge in [0.25, 0.3) is 0 Å². The van der Waals surface area contributed by atoms with Gasteiger partial charge in [0.05, 0.1) is 16.2 Å². The molecular weight excluding hydrogens is 359 g/mol. The summed E-state index contributed by atoms with van der Waals surface area (Å²) in [6, 6.07) is 0. The molecule has 0 aromatic carbocycles. The average molecular weight is 401 g/mol. The molecule has 2 atom stereocenters. The van der Waals surface area contributed by atoms with Crippen LogP contribution in [0.1, 0.15) is 117 Å². The fraction of sp³-hybridized carbons (Fsp3) is 1.00. The summed E-state index contributed by atoms with van der Waals surface area (Å²) in [5.41, 5.74) is 0. The van der Waals surface area contributed by atoms with Crippen LogP contribution in [0.4, 0.5) is 0 Å². The maximum Gasteiger partial charge on any atom is 1.00 e. The summed E-state index contributed by atoms with van der Waals surface area (Å²) < 4.78 is 33.0. The molecule has 0 rings (SSSR count). The Hall–Kier alpha value is 0.870. The van der Waals surface area contributed by atoms with E-state index in [0.717, 1.165) is 51.4 Å². The van der Waals surface area contributed by atoms with Gasteiger partial charge in [0, 0.05) is 5.25 Å². The SMILES string of the molecule is CCCCCCCC(O)CCCCCCCCCC(CC)S(=O)(=O)[O-].[Na+]. The molecule has 0 saturated heterocycles. The minimum atomic E-state index is -4.11. The Morgan fingerprint density at radius 1 is 0.731 bits per heavy atom. The van der Waals surface area contributed by atoms with Crippen LogP contribution < -0.4 is 29.6 Å². The van der Waals surface area contributed by atoms with Crippen LogP contribution in [0.25, 0.3) is 0 Å². The Bertz CT molecular complexity index is 387.